The summed E-state index contributed by atoms with van der Waals surface area (Å²) in [7, 11) is 0. The fraction of sp³-hybridized carbons (Fsp3) is 0.235. The Morgan fingerprint density at radius 2 is 1.65 bits per heavy atom. The van der Waals surface area contributed by atoms with E-state index in [-0.39, 0.29) is 12.1 Å². The Morgan fingerprint density at radius 3 is 2.30 bits per heavy atom. The van der Waals surface area contributed by atoms with Crippen molar-refractivity contribution in [2.45, 2.75) is 25.9 Å². The van der Waals surface area contributed by atoms with Crippen LogP contribution in [0.1, 0.15) is 37.1 Å². The van der Waals surface area contributed by atoms with Gasteiger partial charge in [0, 0.05) is 0 Å². The Morgan fingerprint density at radius 1 is 1.00 bits per heavy atom. The third kappa shape index (κ3) is 1.70. The normalized spacial score (nSPS) is 21.8. The molecule has 1 aliphatic carbocycles. The van der Waals surface area contributed by atoms with Gasteiger partial charge in [-0.3, -0.25) is 14.8 Å². The van der Waals surface area contributed by atoms with Crippen LogP contribution < -0.4 is 0 Å². The molecule has 2 aromatic rings. The molecule has 2 aromatic carbocycles. The van der Waals surface area contributed by atoms with Crippen molar-refractivity contribution in [2.24, 2.45) is 9.98 Å². The van der Waals surface area contributed by atoms with Gasteiger partial charge in [-0.05, 0) is 21.9 Å². The van der Waals surface area contributed by atoms with Crippen molar-refractivity contribution < 1.29 is 4.79 Å². The van der Waals surface area contributed by atoms with E-state index in [1.807, 2.05) is 19.9 Å². The largest absolute Gasteiger partial charge is 0.296 e. The molecule has 3 nitrogen and oxygen atoms in total. The molecule has 2 unspecified atom stereocenters. The van der Waals surface area contributed by atoms with Crippen molar-refractivity contribution in [3.05, 3.63) is 47.5 Å². The van der Waals surface area contributed by atoms with Crippen LogP contribution >= 0.6 is 0 Å². The van der Waals surface area contributed by atoms with Gasteiger partial charge < -0.3 is 0 Å². The SMILES string of the molecule is CC.O=CC1=NC2c3cccc4cccc(c34)C2N=C1. The van der Waals surface area contributed by atoms with Crippen molar-refractivity contribution in [3.8, 4) is 0 Å². The highest BCUT2D eigenvalue weighted by Crippen LogP contribution is 2.48. The summed E-state index contributed by atoms with van der Waals surface area (Å²) >= 11 is 0. The van der Waals surface area contributed by atoms with Gasteiger partial charge in [0.15, 0.2) is 6.29 Å². The standard InChI is InChI=1S/C15H10N2O.C2H6/c18-8-10-7-16-14-11-5-1-3-9-4-2-6-12(13(9)11)15(14)17-10;1-2/h1-8,14-15H;1-2H3. The lowest BCUT2D eigenvalue weighted by Gasteiger charge is -2.17. The molecule has 2 aliphatic rings. The molecule has 4 rings (SSSR count). The molecule has 20 heavy (non-hydrogen) atoms. The lowest BCUT2D eigenvalue weighted by molar-refractivity contribution is -0.102. The zero-order valence-corrected chi connectivity index (χ0v) is 11.6. The smallest absolute Gasteiger partial charge is 0.169 e. The highest BCUT2D eigenvalue weighted by molar-refractivity contribution is 6.54. The minimum atomic E-state index is -0.0312. The van der Waals surface area contributed by atoms with Gasteiger partial charge in [0.1, 0.15) is 17.8 Å². The maximum absolute atomic E-state index is 10.8. The lowest BCUT2D eigenvalue weighted by Crippen LogP contribution is -2.14. The summed E-state index contributed by atoms with van der Waals surface area (Å²) < 4.78 is 0. The molecule has 0 N–H and O–H groups in total. The van der Waals surface area contributed by atoms with Gasteiger partial charge in [-0.1, -0.05) is 50.2 Å². The van der Waals surface area contributed by atoms with Crippen LogP contribution in [0, 0.1) is 0 Å². The molecule has 1 heterocycles. The predicted molar refractivity (Wildman–Crippen MR) is 82.8 cm³/mol. The van der Waals surface area contributed by atoms with Crippen molar-refractivity contribution in [1.82, 2.24) is 0 Å². The first-order chi connectivity index (χ1) is 9.88. The first-order valence-electron chi connectivity index (χ1n) is 6.96. The second-order valence-electron chi connectivity index (χ2n) is 4.63. The number of hydrogen-bond acceptors (Lipinski definition) is 3. The van der Waals surface area contributed by atoms with Crippen LogP contribution in [-0.2, 0) is 4.79 Å². The van der Waals surface area contributed by atoms with Gasteiger partial charge in [-0.2, -0.15) is 0 Å². The van der Waals surface area contributed by atoms with Crippen LogP contribution in [-0.4, -0.2) is 18.2 Å². The zero-order valence-electron chi connectivity index (χ0n) is 11.6. The number of carbonyl (C=O) groups is 1. The van der Waals surface area contributed by atoms with E-state index in [1.165, 1.54) is 21.9 Å². The Bertz CT molecular complexity index is 726. The van der Waals surface area contributed by atoms with Crippen LogP contribution in [0.4, 0.5) is 0 Å². The summed E-state index contributed by atoms with van der Waals surface area (Å²) in [4.78, 5) is 19.8. The topological polar surface area (TPSA) is 41.8 Å². The Balaban J connectivity index is 0.000000581. The Labute approximate surface area is 118 Å². The summed E-state index contributed by atoms with van der Waals surface area (Å²) in [5.41, 5.74) is 2.84. The number of benzene rings is 2. The van der Waals surface area contributed by atoms with E-state index in [9.17, 15) is 4.79 Å². The number of nitrogens with zero attached hydrogens (tertiary/aromatic N) is 2. The Hall–Kier alpha value is -2.29. The predicted octanol–water partition coefficient (Wildman–Crippen LogP) is 3.69. The molecule has 0 radical (unpaired) electrons. The average molecular weight is 264 g/mol. The molecule has 0 saturated heterocycles. The molecule has 0 spiro atoms. The van der Waals surface area contributed by atoms with Gasteiger partial charge in [-0.15, -0.1) is 0 Å². The van der Waals surface area contributed by atoms with Crippen molar-refractivity contribution >= 4 is 29.0 Å². The third-order valence-corrected chi connectivity index (χ3v) is 3.68. The highest BCUT2D eigenvalue weighted by Gasteiger charge is 2.35. The Kier molecular flexibility index (Phi) is 3.18. The lowest BCUT2D eigenvalue weighted by atomic mass is 10.0. The van der Waals surface area contributed by atoms with Crippen molar-refractivity contribution in [2.75, 3.05) is 0 Å². The number of aliphatic imine (C=N–C) groups is 2. The van der Waals surface area contributed by atoms with Crippen LogP contribution in [0.3, 0.4) is 0 Å². The molecule has 1 aliphatic heterocycles. The summed E-state index contributed by atoms with van der Waals surface area (Å²) in [6.45, 7) is 4.00. The summed E-state index contributed by atoms with van der Waals surface area (Å²) in [5, 5.41) is 2.47. The van der Waals surface area contributed by atoms with Crippen LogP contribution in [0.25, 0.3) is 10.8 Å². The van der Waals surface area contributed by atoms with Gasteiger partial charge in [0.25, 0.3) is 0 Å². The molecule has 0 amide bonds. The second kappa shape index (κ2) is 5.00. The number of hydrogen-bond donors (Lipinski definition) is 0. The molecule has 100 valence electrons. The van der Waals surface area contributed by atoms with E-state index in [0.717, 1.165) is 6.29 Å². The number of rotatable bonds is 1. The fourth-order valence-electron chi connectivity index (χ4n) is 2.95. The first kappa shape index (κ1) is 12.7. The zero-order chi connectivity index (χ0) is 14.1. The van der Waals surface area contributed by atoms with E-state index in [1.54, 1.807) is 6.21 Å². The quantitative estimate of drug-likeness (QED) is 0.724. The summed E-state index contributed by atoms with van der Waals surface area (Å²) in [6.07, 6.45) is 2.35. The molecule has 0 bridgehead atoms. The maximum atomic E-state index is 10.8. The maximum Gasteiger partial charge on any atom is 0.169 e. The minimum absolute atomic E-state index is 0.0312. The molecule has 0 saturated carbocycles. The minimum Gasteiger partial charge on any atom is -0.296 e. The summed E-state index contributed by atoms with van der Waals surface area (Å²) in [6, 6.07) is 12.5. The van der Waals surface area contributed by atoms with Gasteiger partial charge in [-0.25, -0.2) is 0 Å². The number of fused-ring (bicyclic) bond motifs is 3. The van der Waals surface area contributed by atoms with Gasteiger partial charge >= 0.3 is 0 Å². The number of carbonyl (C=O) groups excluding carboxylic acids is 1. The molecular formula is C17H16N2O. The van der Waals surface area contributed by atoms with E-state index in [0.29, 0.717) is 5.71 Å². The molecule has 0 fully saturated rings. The number of aldehydes is 1. The van der Waals surface area contributed by atoms with Crippen LogP contribution in [0.2, 0.25) is 0 Å². The van der Waals surface area contributed by atoms with Crippen LogP contribution in [0.5, 0.6) is 0 Å². The summed E-state index contributed by atoms with van der Waals surface area (Å²) in [5.74, 6) is 0. The highest BCUT2D eigenvalue weighted by atomic mass is 16.1. The van der Waals surface area contributed by atoms with E-state index in [4.69, 9.17) is 0 Å². The second-order valence-corrected chi connectivity index (χ2v) is 4.63. The van der Waals surface area contributed by atoms with Crippen molar-refractivity contribution in [3.63, 3.8) is 0 Å². The fourth-order valence-corrected chi connectivity index (χ4v) is 2.95. The van der Waals surface area contributed by atoms with Crippen molar-refractivity contribution in [1.29, 1.82) is 0 Å². The van der Waals surface area contributed by atoms with E-state index in [2.05, 4.69) is 40.3 Å². The van der Waals surface area contributed by atoms with Gasteiger partial charge in [0.2, 0.25) is 0 Å². The monoisotopic (exact) mass is 264 g/mol. The van der Waals surface area contributed by atoms with Crippen LogP contribution in [0.15, 0.2) is 46.4 Å². The van der Waals surface area contributed by atoms with E-state index >= 15 is 0 Å². The third-order valence-electron chi connectivity index (χ3n) is 3.68. The van der Waals surface area contributed by atoms with E-state index < -0.39 is 0 Å². The molecule has 0 aromatic heterocycles. The molecule has 2 atom stereocenters. The molecular weight excluding hydrogens is 248 g/mol. The van der Waals surface area contributed by atoms with Gasteiger partial charge in [0.05, 0.1) is 6.21 Å². The molecule has 3 heteroatoms. The average Bonchev–Trinajstić information content (AvgIpc) is 2.86. The first-order valence-corrected chi connectivity index (χ1v) is 6.96.